The lowest BCUT2D eigenvalue weighted by atomic mass is 9.79. The number of aliphatic hydroxyl groups excluding tert-OH is 1. The van der Waals surface area contributed by atoms with Crippen LogP contribution < -0.4 is 5.32 Å². The summed E-state index contributed by atoms with van der Waals surface area (Å²) in [5, 5.41) is 23.2. The number of hydrogen-bond acceptors (Lipinski definition) is 6. The van der Waals surface area contributed by atoms with E-state index in [0.29, 0.717) is 0 Å². The number of imidazole rings is 1. The number of nitrogens with zero attached hydrogens (tertiary/aromatic N) is 2. The molecule has 26 heavy (non-hydrogen) atoms. The molecule has 1 aromatic heterocycles. The Bertz CT molecular complexity index is 763. The van der Waals surface area contributed by atoms with E-state index in [1.807, 2.05) is 6.92 Å². The third-order valence-electron chi connectivity index (χ3n) is 5.54. The van der Waals surface area contributed by atoms with Crippen molar-refractivity contribution in [1.29, 1.82) is 0 Å². The van der Waals surface area contributed by atoms with Crippen molar-refractivity contribution < 1.29 is 19.8 Å². The Morgan fingerprint density at radius 2 is 2.27 bits per heavy atom. The summed E-state index contributed by atoms with van der Waals surface area (Å²) >= 11 is 1.54. The van der Waals surface area contributed by atoms with Gasteiger partial charge in [-0.2, -0.15) is 0 Å². The first-order valence-electron chi connectivity index (χ1n) is 8.78. The van der Waals surface area contributed by atoms with Crippen LogP contribution in [0.25, 0.3) is 0 Å². The topological polar surface area (TPSA) is 119 Å². The molecule has 9 heteroatoms. The Labute approximate surface area is 155 Å². The van der Waals surface area contributed by atoms with Gasteiger partial charge in [-0.3, -0.25) is 4.79 Å². The molecule has 2 saturated heterocycles. The van der Waals surface area contributed by atoms with E-state index in [9.17, 15) is 19.8 Å². The van der Waals surface area contributed by atoms with Crippen LogP contribution in [0.1, 0.15) is 32.1 Å². The summed E-state index contributed by atoms with van der Waals surface area (Å²) in [4.78, 5) is 33.7. The first kappa shape index (κ1) is 17.6. The second kappa shape index (κ2) is 6.40. The standard InChI is InChI=1S/C17H22N4O4S/c1-7-12-11(8(2)22)16(23)21(12)13(17(24)25)14(7)26-9-5-10(20-6-9)15-18-3-4-19-15/h3-4,7-12,20,22H,5-6H2,1-2H3,(H,18,19)(H,24,25)/t7-,8-,9+,10+,11-,12-/m1/s1. The summed E-state index contributed by atoms with van der Waals surface area (Å²) in [5.41, 5.74) is 0.0934. The summed E-state index contributed by atoms with van der Waals surface area (Å²) in [6.45, 7) is 4.29. The number of carboxylic acids is 1. The van der Waals surface area contributed by atoms with Gasteiger partial charge in [0.25, 0.3) is 0 Å². The molecule has 3 aliphatic heterocycles. The van der Waals surface area contributed by atoms with Crippen LogP contribution in [0, 0.1) is 11.8 Å². The van der Waals surface area contributed by atoms with E-state index in [2.05, 4.69) is 15.3 Å². The van der Waals surface area contributed by atoms with Gasteiger partial charge in [-0.05, 0) is 13.3 Å². The van der Waals surface area contributed by atoms with Crippen LogP contribution in [0.3, 0.4) is 0 Å². The van der Waals surface area contributed by atoms with Crippen molar-refractivity contribution >= 4 is 23.6 Å². The minimum Gasteiger partial charge on any atom is -0.477 e. The molecule has 1 aromatic rings. The van der Waals surface area contributed by atoms with E-state index in [4.69, 9.17) is 0 Å². The molecular formula is C17H22N4O4S. The highest BCUT2D eigenvalue weighted by Crippen LogP contribution is 2.52. The largest absolute Gasteiger partial charge is 0.477 e. The maximum absolute atomic E-state index is 12.4. The van der Waals surface area contributed by atoms with Crippen molar-refractivity contribution in [2.75, 3.05) is 6.54 Å². The van der Waals surface area contributed by atoms with E-state index in [1.165, 1.54) is 4.90 Å². The second-order valence-electron chi connectivity index (χ2n) is 7.18. The maximum atomic E-state index is 12.4. The van der Waals surface area contributed by atoms with Gasteiger partial charge in [-0.25, -0.2) is 9.78 Å². The number of amides is 1. The Balaban J connectivity index is 1.54. The number of rotatable bonds is 5. The molecule has 6 atom stereocenters. The maximum Gasteiger partial charge on any atom is 0.353 e. The van der Waals surface area contributed by atoms with Gasteiger partial charge in [-0.15, -0.1) is 11.8 Å². The first-order valence-corrected chi connectivity index (χ1v) is 9.66. The summed E-state index contributed by atoms with van der Waals surface area (Å²) < 4.78 is 0. The van der Waals surface area contributed by atoms with Gasteiger partial charge >= 0.3 is 5.97 Å². The SMILES string of the molecule is C[C@@H](O)[C@H]1C(=O)N2C(C(=O)O)=C(S[C@@H]3CN[C@H](c4ncc[nH]4)C3)[C@H](C)[C@H]12. The molecule has 8 nitrogen and oxygen atoms in total. The quantitative estimate of drug-likeness (QED) is 0.557. The van der Waals surface area contributed by atoms with Gasteiger partial charge in [0, 0.05) is 35.0 Å². The summed E-state index contributed by atoms with van der Waals surface area (Å²) in [6.07, 6.45) is 3.56. The lowest BCUT2D eigenvalue weighted by Gasteiger charge is -2.46. The number of carboxylic acid groups (broad SMARTS) is 1. The molecule has 0 unspecified atom stereocenters. The minimum absolute atomic E-state index is 0.0916. The van der Waals surface area contributed by atoms with E-state index >= 15 is 0 Å². The van der Waals surface area contributed by atoms with Crippen molar-refractivity contribution in [2.24, 2.45) is 11.8 Å². The molecule has 0 radical (unpaired) electrons. The number of nitrogens with one attached hydrogen (secondary N) is 2. The molecule has 0 saturated carbocycles. The third-order valence-corrected chi connectivity index (χ3v) is 7.06. The smallest absolute Gasteiger partial charge is 0.353 e. The van der Waals surface area contributed by atoms with E-state index in [1.54, 1.807) is 31.1 Å². The summed E-state index contributed by atoms with van der Waals surface area (Å²) in [7, 11) is 0. The van der Waals surface area contributed by atoms with Crippen LogP contribution in [0.4, 0.5) is 0 Å². The third kappa shape index (κ3) is 2.57. The molecule has 140 valence electrons. The predicted octanol–water partition coefficient (Wildman–Crippen LogP) is 0.700. The molecule has 0 bridgehead atoms. The zero-order valence-electron chi connectivity index (χ0n) is 14.5. The van der Waals surface area contributed by atoms with Crippen LogP contribution in [-0.4, -0.2) is 60.9 Å². The van der Waals surface area contributed by atoms with Crippen molar-refractivity contribution in [1.82, 2.24) is 20.2 Å². The Hall–Kier alpha value is -1.84. The van der Waals surface area contributed by atoms with E-state index in [0.717, 1.165) is 23.7 Å². The number of thioether (sulfide) groups is 1. The van der Waals surface area contributed by atoms with Crippen LogP contribution in [0.2, 0.25) is 0 Å². The van der Waals surface area contributed by atoms with Crippen molar-refractivity contribution in [2.45, 2.75) is 43.7 Å². The lowest BCUT2D eigenvalue weighted by Crippen LogP contribution is -2.63. The molecule has 4 N–H and O–H groups in total. The Kier molecular flexibility index (Phi) is 4.32. The molecule has 3 aliphatic rings. The fourth-order valence-electron chi connectivity index (χ4n) is 4.33. The van der Waals surface area contributed by atoms with Crippen LogP contribution >= 0.6 is 11.8 Å². The summed E-state index contributed by atoms with van der Waals surface area (Å²) in [6, 6.07) is -0.136. The molecule has 0 aliphatic carbocycles. The number of aromatic nitrogens is 2. The summed E-state index contributed by atoms with van der Waals surface area (Å²) in [5.74, 6) is -1.09. The van der Waals surface area contributed by atoms with E-state index < -0.39 is 18.0 Å². The van der Waals surface area contributed by atoms with Crippen LogP contribution in [0.5, 0.6) is 0 Å². The van der Waals surface area contributed by atoms with Crippen molar-refractivity contribution in [3.63, 3.8) is 0 Å². The van der Waals surface area contributed by atoms with Crippen LogP contribution in [-0.2, 0) is 9.59 Å². The zero-order chi connectivity index (χ0) is 18.6. The number of carbonyl (C=O) groups is 2. The average molecular weight is 378 g/mol. The zero-order valence-corrected chi connectivity index (χ0v) is 15.4. The fraction of sp³-hybridized carbons (Fsp3) is 0.588. The van der Waals surface area contributed by atoms with E-state index in [-0.39, 0.29) is 34.9 Å². The monoisotopic (exact) mass is 378 g/mol. The number of hydrogen-bond donors (Lipinski definition) is 4. The number of β-lactam (4-membered cyclic amide) rings is 1. The number of aromatic amines is 1. The van der Waals surface area contributed by atoms with Gasteiger partial charge in [0.2, 0.25) is 5.91 Å². The second-order valence-corrected chi connectivity index (χ2v) is 8.52. The molecule has 4 rings (SSSR count). The van der Waals surface area contributed by atoms with Gasteiger partial charge in [0.05, 0.1) is 24.1 Å². The average Bonchev–Trinajstić information content (AvgIpc) is 3.28. The fourth-order valence-corrected chi connectivity index (χ4v) is 5.81. The lowest BCUT2D eigenvalue weighted by molar-refractivity contribution is -0.163. The highest BCUT2D eigenvalue weighted by Gasteiger charge is 2.60. The number of H-pyrrole nitrogens is 1. The normalized spacial score (nSPS) is 34.8. The number of fused-ring (bicyclic) bond motifs is 1. The predicted molar refractivity (Wildman–Crippen MR) is 95.0 cm³/mol. The molecule has 0 aromatic carbocycles. The highest BCUT2D eigenvalue weighted by molar-refractivity contribution is 8.03. The van der Waals surface area contributed by atoms with Gasteiger partial charge < -0.3 is 25.4 Å². The minimum atomic E-state index is -1.08. The highest BCUT2D eigenvalue weighted by atomic mass is 32.2. The Morgan fingerprint density at radius 3 is 2.88 bits per heavy atom. The van der Waals surface area contributed by atoms with Gasteiger partial charge in [0.1, 0.15) is 11.5 Å². The number of carbonyl (C=O) groups excluding carboxylic acids is 1. The molecule has 1 amide bonds. The van der Waals surface area contributed by atoms with Crippen molar-refractivity contribution in [3.8, 4) is 0 Å². The number of aliphatic carboxylic acids is 1. The molecular weight excluding hydrogens is 356 g/mol. The number of aliphatic hydroxyl groups is 1. The first-order chi connectivity index (χ1) is 12.4. The molecule has 4 heterocycles. The van der Waals surface area contributed by atoms with Crippen molar-refractivity contribution in [3.05, 3.63) is 28.8 Å². The van der Waals surface area contributed by atoms with Gasteiger partial charge in [0.15, 0.2) is 0 Å². The van der Waals surface area contributed by atoms with Gasteiger partial charge in [-0.1, -0.05) is 6.92 Å². The molecule has 2 fully saturated rings. The Morgan fingerprint density at radius 1 is 1.50 bits per heavy atom. The molecule has 0 spiro atoms. The van der Waals surface area contributed by atoms with Crippen LogP contribution in [0.15, 0.2) is 23.0 Å².